The van der Waals surface area contributed by atoms with Crippen LogP contribution >= 0.6 is 11.8 Å². The highest BCUT2D eigenvalue weighted by Gasteiger charge is 2.44. The van der Waals surface area contributed by atoms with Crippen LogP contribution in [0.1, 0.15) is 62.0 Å². The van der Waals surface area contributed by atoms with Crippen LogP contribution in [0.25, 0.3) is 10.8 Å². The molecule has 0 bridgehead atoms. The van der Waals surface area contributed by atoms with E-state index in [0.717, 1.165) is 10.8 Å². The summed E-state index contributed by atoms with van der Waals surface area (Å²) in [7, 11) is 0. The van der Waals surface area contributed by atoms with Gasteiger partial charge in [-0.15, -0.1) is 0 Å². The number of rotatable bonds is 7. The van der Waals surface area contributed by atoms with Gasteiger partial charge in [-0.2, -0.15) is 11.8 Å². The summed E-state index contributed by atoms with van der Waals surface area (Å²) >= 11 is 1.52. The van der Waals surface area contributed by atoms with Crippen LogP contribution in [0, 0.1) is 5.92 Å². The molecular weight excluding hydrogens is 669 g/mol. The summed E-state index contributed by atoms with van der Waals surface area (Å²) in [5, 5.41) is 16.0. The average Bonchev–Trinajstić information content (AvgIpc) is 3.55. The summed E-state index contributed by atoms with van der Waals surface area (Å²) < 4.78 is 0. The Hall–Kier alpha value is -4.91. The molecule has 0 radical (unpaired) electrons. The minimum Gasteiger partial charge on any atom is -0.347 e. The summed E-state index contributed by atoms with van der Waals surface area (Å²) in [4.78, 5) is 83.9. The summed E-state index contributed by atoms with van der Waals surface area (Å²) in [5.41, 5.74) is 1.15. The molecule has 3 aromatic carbocycles. The number of carbonyl (C=O) groups excluding carboxylic acids is 6. The van der Waals surface area contributed by atoms with E-state index in [9.17, 15) is 28.8 Å². The first-order valence-electron chi connectivity index (χ1n) is 17.3. The summed E-state index contributed by atoms with van der Waals surface area (Å²) in [6.45, 7) is 5.13. The molecule has 5 N–H and O–H groups in total. The van der Waals surface area contributed by atoms with Crippen LogP contribution in [0.5, 0.6) is 0 Å². The highest BCUT2D eigenvalue weighted by atomic mass is 32.2. The van der Waals surface area contributed by atoms with Crippen molar-refractivity contribution >= 4 is 58.0 Å². The van der Waals surface area contributed by atoms with E-state index in [1.807, 2.05) is 42.7 Å². The van der Waals surface area contributed by atoms with Crippen molar-refractivity contribution in [1.82, 2.24) is 31.5 Å². The summed E-state index contributed by atoms with van der Waals surface area (Å²) in [5.74, 6) is -2.71. The molecule has 2 aliphatic heterocycles. The number of fused-ring (bicyclic) bond motifs is 2. The Balaban J connectivity index is 1.46. The monoisotopic (exact) mass is 714 g/mol. The van der Waals surface area contributed by atoms with E-state index >= 15 is 0 Å². The Labute approximate surface area is 302 Å². The van der Waals surface area contributed by atoms with Crippen molar-refractivity contribution in [3.8, 4) is 0 Å². The predicted molar refractivity (Wildman–Crippen MR) is 197 cm³/mol. The first kappa shape index (κ1) is 37.3. The van der Waals surface area contributed by atoms with Crippen LogP contribution in [0.2, 0.25) is 0 Å². The number of thioether (sulfide) groups is 1. The number of carbonyl (C=O) groups is 6. The fraction of sp³-hybridized carbons (Fsp3) is 0.421. The molecule has 2 saturated heterocycles. The van der Waals surface area contributed by atoms with E-state index in [-0.39, 0.29) is 31.2 Å². The van der Waals surface area contributed by atoms with Crippen LogP contribution < -0.4 is 26.6 Å². The maximum absolute atomic E-state index is 14.3. The molecule has 2 heterocycles. The topological polar surface area (TPSA) is 166 Å². The van der Waals surface area contributed by atoms with Gasteiger partial charge in [0.15, 0.2) is 0 Å². The van der Waals surface area contributed by atoms with Gasteiger partial charge in [0.05, 0.1) is 12.5 Å². The molecule has 13 heteroatoms. The number of amides is 6. The second-order valence-corrected chi connectivity index (χ2v) is 14.5. The van der Waals surface area contributed by atoms with Crippen LogP contribution in [-0.2, 0) is 24.0 Å². The lowest BCUT2D eigenvalue weighted by molar-refractivity contribution is -0.143. The Bertz CT molecular complexity index is 1760. The van der Waals surface area contributed by atoms with Crippen molar-refractivity contribution in [3.05, 3.63) is 83.9 Å². The third-order valence-electron chi connectivity index (χ3n) is 9.41. The average molecular weight is 715 g/mol. The van der Waals surface area contributed by atoms with Crippen LogP contribution in [0.3, 0.4) is 0 Å². The minimum absolute atomic E-state index is 0.00974. The zero-order chi connectivity index (χ0) is 36.7. The van der Waals surface area contributed by atoms with Gasteiger partial charge in [-0.1, -0.05) is 80.6 Å². The lowest BCUT2D eigenvalue weighted by atomic mass is 10.0. The molecular formula is C38H46N6O6S. The zero-order valence-corrected chi connectivity index (χ0v) is 30.1. The molecule has 0 aromatic heterocycles. The van der Waals surface area contributed by atoms with E-state index in [1.54, 1.807) is 50.2 Å². The molecule has 3 aromatic rings. The highest BCUT2D eigenvalue weighted by molar-refractivity contribution is 7.98. The molecule has 0 aliphatic carbocycles. The number of benzene rings is 3. The van der Waals surface area contributed by atoms with Gasteiger partial charge in [0.25, 0.3) is 5.91 Å². The third kappa shape index (κ3) is 9.07. The van der Waals surface area contributed by atoms with E-state index in [2.05, 4.69) is 26.6 Å². The largest absolute Gasteiger partial charge is 0.347 e. The standard InChI is InChI=1S/C38H46N6O6S/c1-22(2)33-38(50)44-21-26(40-35(47)28-16-10-14-24-11-8-9-15-27(24)28)19-31(44)37(49)39-23(3)34(46)42-30(25-12-6-5-7-13-25)20-32(45)41-29(17-18-51-4)36(48)43-33/h5-16,22-23,26,29-31,33H,17-21H2,1-4H3,(H,39,49)(H,40,47)(H,41,45)(H,42,46)(H,43,48)/t23-,26-,29-,30-,31-,33-/m0/s1. The maximum Gasteiger partial charge on any atom is 0.252 e. The van der Waals surface area contributed by atoms with Crippen LogP contribution in [-0.4, -0.2) is 89.1 Å². The van der Waals surface area contributed by atoms with Gasteiger partial charge in [-0.05, 0) is 60.1 Å². The van der Waals surface area contributed by atoms with Crippen LogP contribution in [0.15, 0.2) is 72.8 Å². The van der Waals surface area contributed by atoms with Gasteiger partial charge in [0.2, 0.25) is 29.5 Å². The SMILES string of the molecule is CSCC[C@@H]1NC(=O)C[C@@H](c2ccccc2)NC(=O)[C@H](C)NC(=O)[C@@H]2C[C@H](NC(=O)c3cccc4ccccc34)CN2C(=O)[C@H](C(C)C)NC1=O. The fourth-order valence-corrected chi connectivity index (χ4v) is 7.09. The highest BCUT2D eigenvalue weighted by Crippen LogP contribution is 2.24. The molecule has 6 amide bonds. The molecule has 2 fully saturated rings. The van der Waals surface area contributed by atoms with Gasteiger partial charge in [0.1, 0.15) is 24.2 Å². The fourth-order valence-electron chi connectivity index (χ4n) is 6.62. The Morgan fingerprint density at radius 2 is 1.57 bits per heavy atom. The minimum atomic E-state index is -1.03. The van der Waals surface area contributed by atoms with Crippen LogP contribution in [0.4, 0.5) is 0 Å². The Morgan fingerprint density at radius 3 is 2.29 bits per heavy atom. The van der Waals surface area contributed by atoms with Crippen molar-refractivity contribution in [2.24, 2.45) is 5.92 Å². The number of nitrogens with zero attached hydrogens (tertiary/aromatic N) is 1. The maximum atomic E-state index is 14.3. The van der Waals surface area contributed by atoms with Gasteiger partial charge >= 0.3 is 0 Å². The zero-order valence-electron chi connectivity index (χ0n) is 29.3. The van der Waals surface area contributed by atoms with E-state index in [0.29, 0.717) is 23.3 Å². The van der Waals surface area contributed by atoms with Gasteiger partial charge < -0.3 is 31.5 Å². The van der Waals surface area contributed by atoms with Crippen molar-refractivity contribution < 1.29 is 28.8 Å². The Morgan fingerprint density at radius 1 is 0.863 bits per heavy atom. The summed E-state index contributed by atoms with van der Waals surface area (Å²) in [6, 6.07) is 16.6. The lowest BCUT2D eigenvalue weighted by Gasteiger charge is -2.32. The molecule has 0 saturated carbocycles. The number of nitrogens with one attached hydrogen (secondary N) is 5. The van der Waals surface area contributed by atoms with Gasteiger partial charge in [0, 0.05) is 18.2 Å². The summed E-state index contributed by atoms with van der Waals surface area (Å²) in [6.07, 6.45) is 2.15. The van der Waals surface area contributed by atoms with Gasteiger partial charge in [-0.25, -0.2) is 0 Å². The molecule has 6 atom stereocenters. The normalized spacial score (nSPS) is 25.1. The second kappa shape index (κ2) is 16.9. The molecule has 12 nitrogen and oxygen atoms in total. The molecule has 0 spiro atoms. The predicted octanol–water partition coefficient (Wildman–Crippen LogP) is 2.68. The van der Waals surface area contributed by atoms with E-state index in [4.69, 9.17) is 0 Å². The van der Waals surface area contributed by atoms with E-state index in [1.165, 1.54) is 23.6 Å². The Kier molecular flexibility index (Phi) is 12.4. The molecule has 51 heavy (non-hydrogen) atoms. The lowest BCUT2D eigenvalue weighted by Crippen LogP contribution is -2.59. The third-order valence-corrected chi connectivity index (χ3v) is 10.1. The van der Waals surface area contributed by atoms with Crippen molar-refractivity contribution in [3.63, 3.8) is 0 Å². The second-order valence-electron chi connectivity index (χ2n) is 13.5. The smallest absolute Gasteiger partial charge is 0.252 e. The molecule has 270 valence electrons. The van der Waals surface area contributed by atoms with Crippen molar-refractivity contribution in [2.75, 3.05) is 18.6 Å². The number of hydrogen-bond donors (Lipinski definition) is 5. The quantitative estimate of drug-likeness (QED) is 0.251. The first-order valence-corrected chi connectivity index (χ1v) is 18.7. The first-order chi connectivity index (χ1) is 24.5. The van der Waals surface area contributed by atoms with Crippen molar-refractivity contribution in [2.45, 2.75) is 76.3 Å². The molecule has 0 unspecified atom stereocenters. The van der Waals surface area contributed by atoms with Gasteiger partial charge in [-0.3, -0.25) is 28.8 Å². The van der Waals surface area contributed by atoms with Crippen molar-refractivity contribution in [1.29, 1.82) is 0 Å². The van der Waals surface area contributed by atoms with E-state index < -0.39 is 65.8 Å². The molecule has 5 rings (SSSR count). The molecule has 2 aliphatic rings. The number of hydrogen-bond acceptors (Lipinski definition) is 7.